The minimum absolute atomic E-state index is 0.119. The third kappa shape index (κ3) is 5.25. The lowest BCUT2D eigenvalue weighted by Crippen LogP contribution is -2.39. The summed E-state index contributed by atoms with van der Waals surface area (Å²) in [7, 11) is -1.02. The number of aromatic amines is 1. The number of aromatic nitrogens is 1. The fourth-order valence-electron chi connectivity index (χ4n) is 4.91. The Morgan fingerprint density at radius 3 is 2.50 bits per heavy atom. The fourth-order valence-corrected chi connectivity index (χ4v) is 6.99. The van der Waals surface area contributed by atoms with E-state index in [0.29, 0.717) is 18.7 Å². The van der Waals surface area contributed by atoms with E-state index in [2.05, 4.69) is 55.2 Å². The topological polar surface area (TPSA) is 99.5 Å². The Morgan fingerprint density at radius 1 is 1.19 bits per heavy atom. The molecule has 0 unspecified atom stereocenters. The second-order valence-electron chi connectivity index (χ2n) is 10.5. The van der Waals surface area contributed by atoms with Gasteiger partial charge >= 0.3 is 0 Å². The Bertz CT molecular complexity index is 1350. The van der Waals surface area contributed by atoms with E-state index in [0.717, 1.165) is 53.4 Å². The van der Waals surface area contributed by atoms with Crippen molar-refractivity contribution in [3.63, 3.8) is 0 Å². The summed E-state index contributed by atoms with van der Waals surface area (Å²) in [4.78, 5) is 19.3. The summed E-state index contributed by atoms with van der Waals surface area (Å²) in [6.45, 7) is 10.3. The zero-order valence-corrected chi connectivity index (χ0v) is 23.6. The summed E-state index contributed by atoms with van der Waals surface area (Å²) in [5.41, 5.74) is 10.3. The van der Waals surface area contributed by atoms with Gasteiger partial charge in [-0.3, -0.25) is 9.69 Å². The van der Waals surface area contributed by atoms with Crippen LogP contribution < -0.4 is 5.73 Å². The number of thiophene rings is 1. The molecule has 1 saturated heterocycles. The zero-order valence-electron chi connectivity index (χ0n) is 21.9. The highest BCUT2D eigenvalue weighted by atomic mass is 32.2. The van der Waals surface area contributed by atoms with E-state index in [9.17, 15) is 13.2 Å². The predicted octanol–water partition coefficient (Wildman–Crippen LogP) is 5.14. The largest absolute Gasteiger partial charge is 0.366 e. The number of nitrogens with two attached hydrogens (primary N) is 1. The number of hydrogen-bond donors (Lipinski definition) is 2. The van der Waals surface area contributed by atoms with Gasteiger partial charge in [0.05, 0.1) is 16.8 Å². The second kappa shape index (κ2) is 10.3. The summed E-state index contributed by atoms with van der Waals surface area (Å²) in [6.07, 6.45) is 4.55. The summed E-state index contributed by atoms with van der Waals surface area (Å²) >= 11 is 1.73. The molecule has 4 rings (SSSR count). The molecule has 3 N–H and O–H groups in total. The van der Waals surface area contributed by atoms with Crippen LogP contribution in [0.3, 0.4) is 0 Å². The minimum atomic E-state index is -3.17. The number of sulfonamides is 1. The predicted molar refractivity (Wildman–Crippen MR) is 149 cm³/mol. The summed E-state index contributed by atoms with van der Waals surface area (Å²) in [6, 6.07) is 6.24. The molecule has 0 bridgehead atoms. The molecule has 3 heterocycles. The third-order valence-corrected chi connectivity index (χ3v) is 10.8. The number of carbonyl (C=O) groups is 1. The fraction of sp³-hybridized carbons (Fsp3) is 0.519. The van der Waals surface area contributed by atoms with Crippen molar-refractivity contribution >= 4 is 38.2 Å². The average molecular weight is 531 g/mol. The quantitative estimate of drug-likeness (QED) is 0.400. The van der Waals surface area contributed by atoms with Gasteiger partial charge in [-0.2, -0.15) is 0 Å². The van der Waals surface area contributed by atoms with Crippen molar-refractivity contribution in [3.05, 3.63) is 45.8 Å². The maximum Gasteiger partial charge on any atom is 0.250 e. The number of hydrogen-bond acceptors (Lipinski definition) is 5. The first-order valence-electron chi connectivity index (χ1n) is 12.7. The molecule has 3 aromatic rings. The molecule has 0 aliphatic carbocycles. The van der Waals surface area contributed by atoms with Crippen LogP contribution in [0.15, 0.2) is 29.8 Å². The van der Waals surface area contributed by atoms with E-state index in [1.807, 2.05) is 12.3 Å². The van der Waals surface area contributed by atoms with Gasteiger partial charge in [0, 0.05) is 41.6 Å². The molecular formula is C27H38N4O3S2. The van der Waals surface area contributed by atoms with Crippen LogP contribution in [0.2, 0.25) is 0 Å². The van der Waals surface area contributed by atoms with Gasteiger partial charge in [0.1, 0.15) is 0 Å². The van der Waals surface area contributed by atoms with Crippen LogP contribution in [0.4, 0.5) is 0 Å². The van der Waals surface area contributed by atoms with Crippen LogP contribution in [-0.2, 0) is 16.6 Å². The van der Waals surface area contributed by atoms with Crippen LogP contribution >= 0.6 is 11.3 Å². The first kappa shape index (κ1) is 26.9. The van der Waals surface area contributed by atoms with E-state index in [1.165, 1.54) is 4.88 Å². The molecule has 36 heavy (non-hydrogen) atoms. The van der Waals surface area contributed by atoms with Crippen molar-refractivity contribution in [2.45, 2.75) is 65.0 Å². The number of fused-ring (bicyclic) bond motifs is 1. The third-order valence-electron chi connectivity index (χ3n) is 8.02. The number of benzene rings is 1. The van der Waals surface area contributed by atoms with E-state index < -0.39 is 15.9 Å². The van der Waals surface area contributed by atoms with Crippen molar-refractivity contribution < 1.29 is 13.2 Å². The Balaban J connectivity index is 1.65. The normalized spacial score (nSPS) is 16.3. The Kier molecular flexibility index (Phi) is 7.67. The van der Waals surface area contributed by atoms with Crippen LogP contribution in [0.25, 0.3) is 22.0 Å². The standard InChI is InChI=1S/C27H38N4O3S2/c1-6-27(3,4)30(5)16-21-12-20(17-35-21)19-13-22-24(15-29-25(22)23(14-19)26(28)32)18-8-10-31(11-9-18)36(33,34)7-2/h12-15,17-18,29H,6-11,16H2,1-5H3,(H2,28,32). The van der Waals surface area contributed by atoms with Gasteiger partial charge in [-0.15, -0.1) is 11.3 Å². The van der Waals surface area contributed by atoms with Gasteiger partial charge < -0.3 is 10.7 Å². The van der Waals surface area contributed by atoms with E-state index in [4.69, 9.17) is 5.73 Å². The lowest BCUT2D eigenvalue weighted by molar-refractivity contribution is 0.100. The molecule has 7 nitrogen and oxygen atoms in total. The summed E-state index contributed by atoms with van der Waals surface area (Å²) in [5, 5.41) is 3.14. The number of rotatable bonds is 9. The molecule has 0 saturated carbocycles. The van der Waals surface area contributed by atoms with E-state index in [1.54, 1.807) is 22.6 Å². The number of primary amides is 1. The number of nitrogens with zero attached hydrogens (tertiary/aromatic N) is 2. The molecule has 1 amide bonds. The lowest BCUT2D eigenvalue weighted by Gasteiger charge is -2.34. The maximum atomic E-state index is 12.4. The Labute approximate surface area is 218 Å². The van der Waals surface area contributed by atoms with E-state index in [-0.39, 0.29) is 17.2 Å². The van der Waals surface area contributed by atoms with Crippen molar-refractivity contribution in [2.24, 2.45) is 5.73 Å². The SMILES string of the molecule is CCC(C)(C)N(C)Cc1cc(-c2cc(C(N)=O)c3[nH]cc(C4CCN(S(=O)(=O)CC)CC4)c3c2)cs1. The number of nitrogens with one attached hydrogen (secondary N) is 1. The first-order valence-corrected chi connectivity index (χ1v) is 15.2. The maximum absolute atomic E-state index is 12.4. The van der Waals surface area contributed by atoms with Gasteiger partial charge in [0.25, 0.3) is 5.91 Å². The number of amides is 1. The highest BCUT2D eigenvalue weighted by Gasteiger charge is 2.29. The molecule has 1 aliphatic heterocycles. The Hall–Kier alpha value is -2.20. The molecule has 196 valence electrons. The Morgan fingerprint density at radius 2 is 1.89 bits per heavy atom. The highest BCUT2D eigenvalue weighted by molar-refractivity contribution is 7.89. The van der Waals surface area contributed by atoms with E-state index >= 15 is 0 Å². The smallest absolute Gasteiger partial charge is 0.250 e. The van der Waals surface area contributed by atoms with Gasteiger partial charge in [0.15, 0.2) is 0 Å². The van der Waals surface area contributed by atoms with Crippen LogP contribution in [0, 0.1) is 0 Å². The van der Waals surface area contributed by atoms with Crippen molar-refractivity contribution in [1.82, 2.24) is 14.2 Å². The minimum Gasteiger partial charge on any atom is -0.366 e. The molecule has 0 atom stereocenters. The molecule has 2 aromatic heterocycles. The molecular weight excluding hydrogens is 492 g/mol. The number of carbonyl (C=O) groups excluding carboxylic acids is 1. The van der Waals surface area contributed by atoms with Gasteiger partial charge in [-0.05, 0) is 93.3 Å². The summed E-state index contributed by atoms with van der Waals surface area (Å²) in [5.74, 6) is -0.107. The van der Waals surface area contributed by atoms with Gasteiger partial charge in [0.2, 0.25) is 10.0 Å². The van der Waals surface area contributed by atoms with Gasteiger partial charge in [-0.25, -0.2) is 12.7 Å². The van der Waals surface area contributed by atoms with Crippen molar-refractivity contribution in [2.75, 3.05) is 25.9 Å². The van der Waals surface area contributed by atoms with Crippen molar-refractivity contribution in [3.8, 4) is 11.1 Å². The number of piperidine rings is 1. The van der Waals surface area contributed by atoms with Crippen LogP contribution in [0.1, 0.15) is 73.7 Å². The summed E-state index contributed by atoms with van der Waals surface area (Å²) < 4.78 is 26.2. The number of H-pyrrole nitrogens is 1. The molecule has 1 fully saturated rings. The first-order chi connectivity index (χ1) is 17.0. The molecule has 1 aliphatic rings. The second-order valence-corrected chi connectivity index (χ2v) is 13.7. The molecule has 0 spiro atoms. The highest BCUT2D eigenvalue weighted by Crippen LogP contribution is 2.38. The van der Waals surface area contributed by atoms with Crippen LogP contribution in [-0.4, -0.2) is 59.9 Å². The lowest BCUT2D eigenvalue weighted by atomic mass is 9.88. The molecule has 1 aromatic carbocycles. The van der Waals surface area contributed by atoms with Crippen molar-refractivity contribution in [1.29, 1.82) is 0 Å². The zero-order chi connectivity index (χ0) is 26.3. The van der Waals surface area contributed by atoms with Crippen LogP contribution in [0.5, 0.6) is 0 Å². The average Bonchev–Trinajstić information content (AvgIpc) is 3.50. The molecule has 0 radical (unpaired) electrons. The molecule has 9 heteroatoms. The van der Waals surface area contributed by atoms with Gasteiger partial charge in [-0.1, -0.05) is 6.92 Å². The monoisotopic (exact) mass is 530 g/mol.